The van der Waals surface area contributed by atoms with Gasteiger partial charge in [-0.05, 0) is 53.3 Å². The number of fused-ring (bicyclic) bond motifs is 1. The van der Waals surface area contributed by atoms with Crippen molar-refractivity contribution in [2.45, 2.75) is 18.8 Å². The van der Waals surface area contributed by atoms with Gasteiger partial charge in [-0.2, -0.15) is 11.3 Å². The van der Waals surface area contributed by atoms with E-state index in [1.807, 2.05) is 29.6 Å². The van der Waals surface area contributed by atoms with E-state index in [1.165, 1.54) is 16.9 Å². The van der Waals surface area contributed by atoms with Crippen molar-refractivity contribution in [3.05, 3.63) is 51.7 Å². The summed E-state index contributed by atoms with van der Waals surface area (Å²) in [6, 6.07) is 9.83. The van der Waals surface area contributed by atoms with E-state index in [4.69, 9.17) is 0 Å². The topological polar surface area (TPSA) is 62.2 Å². The van der Waals surface area contributed by atoms with Crippen LogP contribution in [0.3, 0.4) is 0 Å². The highest BCUT2D eigenvalue weighted by Crippen LogP contribution is 2.25. The molecule has 2 aromatic heterocycles. The molecule has 0 aliphatic heterocycles. The van der Waals surface area contributed by atoms with Crippen molar-refractivity contribution in [2.24, 2.45) is 0 Å². The lowest BCUT2D eigenvalue weighted by Crippen LogP contribution is -2.25. The summed E-state index contributed by atoms with van der Waals surface area (Å²) in [6.45, 7) is 0.738. The Kier molecular flexibility index (Phi) is 5.38. The molecule has 0 radical (unpaired) electrons. The summed E-state index contributed by atoms with van der Waals surface area (Å²) >= 11 is 3.07. The van der Waals surface area contributed by atoms with E-state index in [9.17, 15) is 9.90 Å². The fourth-order valence-corrected chi connectivity index (χ4v) is 4.17. The van der Waals surface area contributed by atoms with E-state index in [1.54, 1.807) is 11.3 Å². The number of aliphatic hydroxyl groups excluding tert-OH is 1. The first kappa shape index (κ1) is 16.1. The zero-order valence-corrected chi connectivity index (χ0v) is 14.2. The Morgan fingerprint density at radius 3 is 2.87 bits per heavy atom. The van der Waals surface area contributed by atoms with Crippen molar-refractivity contribution < 1.29 is 9.90 Å². The normalized spacial score (nSPS) is 12.4. The Labute approximate surface area is 142 Å². The lowest BCUT2D eigenvalue weighted by Gasteiger charge is -2.14. The smallest absolute Gasteiger partial charge is 0.280 e. The number of aromatic nitrogens is 1. The molecule has 120 valence electrons. The number of amides is 1. The first-order valence-corrected chi connectivity index (χ1v) is 9.30. The van der Waals surface area contributed by atoms with Gasteiger partial charge in [-0.15, -0.1) is 11.3 Å². The molecule has 3 aromatic rings. The average molecular weight is 346 g/mol. The van der Waals surface area contributed by atoms with E-state index >= 15 is 0 Å². The lowest BCUT2D eigenvalue weighted by atomic mass is 9.95. The molecular weight excluding hydrogens is 328 g/mol. The predicted octanol–water partition coefficient (Wildman–Crippen LogP) is 3.64. The van der Waals surface area contributed by atoms with Crippen LogP contribution < -0.4 is 5.32 Å². The van der Waals surface area contributed by atoms with Gasteiger partial charge in [-0.1, -0.05) is 12.1 Å². The largest absolute Gasteiger partial charge is 0.396 e. The Balaban J connectivity index is 1.57. The molecule has 23 heavy (non-hydrogen) atoms. The van der Waals surface area contributed by atoms with Gasteiger partial charge in [0.15, 0.2) is 5.01 Å². The second-order valence-corrected chi connectivity index (χ2v) is 7.11. The van der Waals surface area contributed by atoms with Gasteiger partial charge < -0.3 is 10.4 Å². The maximum atomic E-state index is 12.2. The molecule has 3 rings (SSSR count). The second-order valence-electron chi connectivity index (χ2n) is 5.30. The molecule has 1 aromatic carbocycles. The van der Waals surface area contributed by atoms with Gasteiger partial charge in [-0.25, -0.2) is 4.98 Å². The summed E-state index contributed by atoms with van der Waals surface area (Å²) in [7, 11) is 0. The average Bonchev–Trinajstić information content (AvgIpc) is 3.23. The highest BCUT2D eigenvalue weighted by atomic mass is 32.1. The molecule has 4 nitrogen and oxygen atoms in total. The molecule has 0 spiro atoms. The molecular formula is C17H18N2O2S2. The third kappa shape index (κ3) is 3.96. The summed E-state index contributed by atoms with van der Waals surface area (Å²) in [5, 5.41) is 16.8. The predicted molar refractivity (Wildman–Crippen MR) is 95.3 cm³/mol. The van der Waals surface area contributed by atoms with Crippen LogP contribution in [-0.2, 0) is 0 Å². The van der Waals surface area contributed by atoms with Crippen molar-refractivity contribution in [1.82, 2.24) is 10.3 Å². The van der Waals surface area contributed by atoms with Crippen LogP contribution in [0.5, 0.6) is 0 Å². The van der Waals surface area contributed by atoms with Gasteiger partial charge in [0.25, 0.3) is 5.91 Å². The van der Waals surface area contributed by atoms with Crippen LogP contribution in [0.25, 0.3) is 10.2 Å². The molecule has 0 saturated carbocycles. The van der Waals surface area contributed by atoms with Gasteiger partial charge in [0.2, 0.25) is 0 Å². The Hall–Kier alpha value is -1.76. The minimum Gasteiger partial charge on any atom is -0.396 e. The fourth-order valence-electron chi connectivity index (χ4n) is 2.55. The number of aliphatic hydroxyl groups is 1. The third-order valence-electron chi connectivity index (χ3n) is 3.76. The van der Waals surface area contributed by atoms with Gasteiger partial charge in [0.05, 0.1) is 10.2 Å². The number of hydrogen-bond donors (Lipinski definition) is 2. The van der Waals surface area contributed by atoms with Gasteiger partial charge in [-0.3, -0.25) is 4.79 Å². The quantitative estimate of drug-likeness (QED) is 0.686. The Bertz CT molecular complexity index is 735. The van der Waals surface area contributed by atoms with Gasteiger partial charge in [0.1, 0.15) is 0 Å². The molecule has 0 bridgehead atoms. The maximum absolute atomic E-state index is 12.2. The van der Waals surface area contributed by atoms with Crippen molar-refractivity contribution in [3.8, 4) is 0 Å². The molecule has 2 N–H and O–H groups in total. The number of carbonyl (C=O) groups excluding carboxylic acids is 1. The minimum atomic E-state index is -0.126. The maximum Gasteiger partial charge on any atom is 0.280 e. The third-order valence-corrected chi connectivity index (χ3v) is 5.50. The minimum absolute atomic E-state index is 0.126. The monoisotopic (exact) mass is 346 g/mol. The van der Waals surface area contributed by atoms with Crippen molar-refractivity contribution >= 4 is 38.8 Å². The zero-order chi connectivity index (χ0) is 16.1. The molecule has 1 atom stereocenters. The SMILES string of the molecule is O=C(NCCC(CCO)c1ccsc1)c1nc2ccccc2s1. The molecule has 0 saturated heterocycles. The summed E-state index contributed by atoms with van der Waals surface area (Å²) in [4.78, 5) is 16.6. The van der Waals surface area contributed by atoms with E-state index in [-0.39, 0.29) is 18.4 Å². The molecule has 0 aliphatic rings. The summed E-state index contributed by atoms with van der Waals surface area (Å²) in [6.07, 6.45) is 1.53. The molecule has 0 fully saturated rings. The number of nitrogens with one attached hydrogen (secondary N) is 1. The van der Waals surface area contributed by atoms with E-state index in [0.717, 1.165) is 16.6 Å². The van der Waals surface area contributed by atoms with Crippen molar-refractivity contribution in [3.63, 3.8) is 0 Å². The number of para-hydroxylation sites is 1. The lowest BCUT2D eigenvalue weighted by molar-refractivity contribution is 0.0952. The summed E-state index contributed by atoms with van der Waals surface area (Å²) in [5.74, 6) is 0.154. The van der Waals surface area contributed by atoms with E-state index in [0.29, 0.717) is 18.0 Å². The zero-order valence-electron chi connectivity index (χ0n) is 12.6. The fraction of sp³-hybridized carbons (Fsp3) is 0.294. The molecule has 1 unspecified atom stereocenters. The van der Waals surface area contributed by atoms with Gasteiger partial charge >= 0.3 is 0 Å². The Morgan fingerprint density at radius 2 is 2.13 bits per heavy atom. The number of benzene rings is 1. The van der Waals surface area contributed by atoms with E-state index in [2.05, 4.69) is 21.7 Å². The summed E-state index contributed by atoms with van der Waals surface area (Å²) in [5.41, 5.74) is 2.09. The number of hydrogen-bond acceptors (Lipinski definition) is 5. The first-order chi connectivity index (χ1) is 11.3. The molecule has 0 aliphatic carbocycles. The first-order valence-electron chi connectivity index (χ1n) is 7.54. The molecule has 2 heterocycles. The van der Waals surface area contributed by atoms with Crippen LogP contribution in [0, 0.1) is 0 Å². The van der Waals surface area contributed by atoms with Crippen LogP contribution in [0.1, 0.15) is 34.1 Å². The van der Waals surface area contributed by atoms with Crippen molar-refractivity contribution in [2.75, 3.05) is 13.2 Å². The van der Waals surface area contributed by atoms with Crippen LogP contribution in [0.15, 0.2) is 41.1 Å². The van der Waals surface area contributed by atoms with Crippen molar-refractivity contribution in [1.29, 1.82) is 0 Å². The van der Waals surface area contributed by atoms with Crippen LogP contribution >= 0.6 is 22.7 Å². The highest BCUT2D eigenvalue weighted by Gasteiger charge is 2.14. The van der Waals surface area contributed by atoms with E-state index < -0.39 is 0 Å². The standard InChI is InChI=1S/C17H18N2O2S2/c20-9-6-12(13-7-10-22-11-13)5-8-18-16(21)17-19-14-3-1-2-4-15(14)23-17/h1-4,7,10-12,20H,5-6,8-9H2,(H,18,21). The van der Waals surface area contributed by atoms with Gasteiger partial charge in [0, 0.05) is 13.2 Å². The molecule has 6 heteroatoms. The highest BCUT2D eigenvalue weighted by molar-refractivity contribution is 7.20. The number of thiophene rings is 1. The number of carbonyl (C=O) groups is 1. The summed E-state index contributed by atoms with van der Waals surface area (Å²) < 4.78 is 1.02. The Morgan fingerprint density at radius 1 is 1.26 bits per heavy atom. The number of thiazole rings is 1. The number of rotatable bonds is 7. The van der Waals surface area contributed by atoms with Crippen LogP contribution in [0.4, 0.5) is 0 Å². The molecule has 1 amide bonds. The van der Waals surface area contributed by atoms with Crippen LogP contribution in [-0.4, -0.2) is 29.1 Å². The second kappa shape index (κ2) is 7.68. The number of nitrogens with zero attached hydrogens (tertiary/aromatic N) is 1. The van der Waals surface area contributed by atoms with Crippen LogP contribution in [0.2, 0.25) is 0 Å².